The number of hydrogen-bond acceptors (Lipinski definition) is 6. The van der Waals surface area contributed by atoms with Gasteiger partial charge in [0.25, 0.3) is 0 Å². The Balaban J connectivity index is 4.09. The molecule has 0 amide bonds. The third-order valence-electron chi connectivity index (χ3n) is 13.4. The average molecular weight is 1020 g/mol. The normalized spacial score (nSPS) is 12.6. The number of carbonyl (C=O) groups is 3. The maximum atomic E-state index is 12.8. The number of allylic oxidation sites excluding steroid dienone is 14. The van der Waals surface area contributed by atoms with E-state index in [0.717, 1.165) is 122 Å². The smallest absolute Gasteiger partial charge is 0.306 e. The van der Waals surface area contributed by atoms with Crippen LogP contribution in [0.3, 0.4) is 0 Å². The Morgan fingerprint density at radius 2 is 0.534 bits per heavy atom. The van der Waals surface area contributed by atoms with Crippen molar-refractivity contribution in [2.24, 2.45) is 0 Å². The molecule has 0 spiro atoms. The van der Waals surface area contributed by atoms with Gasteiger partial charge in [-0.05, 0) is 89.9 Å². The lowest BCUT2D eigenvalue weighted by atomic mass is 10.0. The molecule has 0 aromatic heterocycles. The molecular weight excluding hydrogens is 901 g/mol. The summed E-state index contributed by atoms with van der Waals surface area (Å²) in [6.07, 6.45) is 80.4. The van der Waals surface area contributed by atoms with Crippen molar-refractivity contribution < 1.29 is 28.6 Å². The van der Waals surface area contributed by atoms with Crippen molar-refractivity contribution >= 4 is 17.9 Å². The molecule has 0 aromatic rings. The fourth-order valence-electron chi connectivity index (χ4n) is 8.80. The van der Waals surface area contributed by atoms with Crippen LogP contribution in [0.1, 0.15) is 303 Å². The molecule has 1 unspecified atom stereocenters. The standard InChI is InChI=1S/C67H116O6/c1-4-7-10-13-16-19-21-23-25-26-27-28-29-30-31-32-33-34-35-36-37-38-39-40-42-43-45-48-51-54-57-60-66(69)72-63-64(62-71-65(68)59-56-53-50-47-18-15-12-9-6-3)73-67(70)61-58-55-52-49-46-44-41-24-22-20-17-14-11-8-5-2/h7-8,10-11,16-17,19-20,23-25,27-28,41,64H,4-6,9,12-15,18,21-22,26,29-40,42-63H2,1-3H3/b10-7-,11-8-,19-16-,20-17-,25-23-,28-27-,41-24-. The Kier molecular flexibility index (Phi) is 58.3. The topological polar surface area (TPSA) is 78.9 Å². The fourth-order valence-corrected chi connectivity index (χ4v) is 8.80. The second-order valence-corrected chi connectivity index (χ2v) is 20.6. The monoisotopic (exact) mass is 1020 g/mol. The Morgan fingerprint density at radius 1 is 0.288 bits per heavy atom. The Bertz CT molecular complexity index is 1400. The Morgan fingerprint density at radius 3 is 0.836 bits per heavy atom. The van der Waals surface area contributed by atoms with Crippen molar-refractivity contribution in [1.82, 2.24) is 0 Å². The SMILES string of the molecule is CC/C=C\C/C=C\C/C=C\C/C=C\CCCCCCCCCCCCCCCCCCCCC(=O)OCC(COC(=O)CCCCCCCCCCC)OC(=O)CCCCCCC/C=C\C/C=C\C/C=C\CC. The van der Waals surface area contributed by atoms with Crippen LogP contribution in [0.25, 0.3) is 0 Å². The van der Waals surface area contributed by atoms with Gasteiger partial charge < -0.3 is 14.2 Å². The van der Waals surface area contributed by atoms with Crippen molar-refractivity contribution in [3.05, 3.63) is 85.1 Å². The lowest BCUT2D eigenvalue weighted by molar-refractivity contribution is -0.167. The molecule has 0 heterocycles. The van der Waals surface area contributed by atoms with Crippen LogP contribution in [0, 0.1) is 0 Å². The van der Waals surface area contributed by atoms with Gasteiger partial charge in [0.05, 0.1) is 0 Å². The fraction of sp³-hybridized carbons (Fsp3) is 0.746. The molecule has 420 valence electrons. The first-order valence-corrected chi connectivity index (χ1v) is 31.1. The highest BCUT2D eigenvalue weighted by atomic mass is 16.6. The van der Waals surface area contributed by atoms with E-state index in [1.54, 1.807) is 0 Å². The van der Waals surface area contributed by atoms with Crippen LogP contribution >= 0.6 is 0 Å². The van der Waals surface area contributed by atoms with Crippen LogP contribution < -0.4 is 0 Å². The van der Waals surface area contributed by atoms with Crippen LogP contribution in [0.5, 0.6) is 0 Å². The summed E-state index contributed by atoms with van der Waals surface area (Å²) < 4.78 is 16.8. The summed E-state index contributed by atoms with van der Waals surface area (Å²) in [4.78, 5) is 38.1. The molecule has 0 aliphatic rings. The van der Waals surface area contributed by atoms with Crippen LogP contribution in [0.15, 0.2) is 85.1 Å². The third kappa shape index (κ3) is 59.3. The van der Waals surface area contributed by atoms with Gasteiger partial charge >= 0.3 is 17.9 Å². The van der Waals surface area contributed by atoms with Crippen molar-refractivity contribution in [2.75, 3.05) is 13.2 Å². The molecule has 0 rings (SSSR count). The molecule has 6 heteroatoms. The second-order valence-electron chi connectivity index (χ2n) is 20.6. The molecule has 73 heavy (non-hydrogen) atoms. The molecule has 0 fully saturated rings. The average Bonchev–Trinajstić information content (AvgIpc) is 3.39. The van der Waals surface area contributed by atoms with Gasteiger partial charge in [-0.15, -0.1) is 0 Å². The molecule has 0 aliphatic carbocycles. The molecule has 0 saturated carbocycles. The molecule has 0 saturated heterocycles. The van der Waals surface area contributed by atoms with E-state index in [0.29, 0.717) is 19.3 Å². The molecule has 0 aliphatic heterocycles. The molecule has 6 nitrogen and oxygen atoms in total. The zero-order valence-electron chi connectivity index (χ0n) is 48.1. The molecule has 0 aromatic carbocycles. The summed E-state index contributed by atoms with van der Waals surface area (Å²) in [6, 6.07) is 0. The summed E-state index contributed by atoms with van der Waals surface area (Å²) in [5.74, 6) is -0.889. The van der Waals surface area contributed by atoms with Gasteiger partial charge in [0.1, 0.15) is 13.2 Å². The van der Waals surface area contributed by atoms with Crippen LogP contribution in [-0.2, 0) is 28.6 Å². The maximum absolute atomic E-state index is 12.8. The van der Waals surface area contributed by atoms with Gasteiger partial charge in [-0.2, -0.15) is 0 Å². The van der Waals surface area contributed by atoms with E-state index in [1.807, 2.05) is 0 Å². The van der Waals surface area contributed by atoms with E-state index in [4.69, 9.17) is 14.2 Å². The summed E-state index contributed by atoms with van der Waals surface area (Å²) in [7, 11) is 0. The first kappa shape index (κ1) is 69.6. The van der Waals surface area contributed by atoms with Gasteiger partial charge in [0.15, 0.2) is 6.10 Å². The number of unbranched alkanes of at least 4 members (excludes halogenated alkanes) is 31. The molecular formula is C67H116O6. The minimum atomic E-state index is -0.781. The van der Waals surface area contributed by atoms with Gasteiger partial charge in [-0.1, -0.05) is 279 Å². The minimum absolute atomic E-state index is 0.0796. The van der Waals surface area contributed by atoms with E-state index in [-0.39, 0.29) is 31.1 Å². The first-order chi connectivity index (χ1) is 36.0. The quantitative estimate of drug-likeness (QED) is 0.0261. The van der Waals surface area contributed by atoms with Gasteiger partial charge in [0, 0.05) is 19.3 Å². The zero-order valence-corrected chi connectivity index (χ0v) is 48.1. The zero-order chi connectivity index (χ0) is 52.9. The second kappa shape index (κ2) is 61.1. The third-order valence-corrected chi connectivity index (χ3v) is 13.4. The van der Waals surface area contributed by atoms with E-state index >= 15 is 0 Å². The van der Waals surface area contributed by atoms with E-state index in [2.05, 4.69) is 106 Å². The lowest BCUT2D eigenvalue weighted by Gasteiger charge is -2.18. The van der Waals surface area contributed by atoms with Crippen LogP contribution in [-0.4, -0.2) is 37.2 Å². The number of ether oxygens (including phenoxy) is 3. The summed E-state index contributed by atoms with van der Waals surface area (Å²) in [6.45, 7) is 6.40. The van der Waals surface area contributed by atoms with Crippen LogP contribution in [0.4, 0.5) is 0 Å². The van der Waals surface area contributed by atoms with Crippen LogP contribution in [0.2, 0.25) is 0 Å². The van der Waals surface area contributed by atoms with Crippen molar-refractivity contribution in [1.29, 1.82) is 0 Å². The van der Waals surface area contributed by atoms with Crippen molar-refractivity contribution in [2.45, 2.75) is 309 Å². The Hall–Kier alpha value is -3.41. The summed E-state index contributed by atoms with van der Waals surface area (Å²) in [5.41, 5.74) is 0. The maximum Gasteiger partial charge on any atom is 0.306 e. The highest BCUT2D eigenvalue weighted by Crippen LogP contribution is 2.17. The number of esters is 3. The largest absolute Gasteiger partial charge is 0.462 e. The van der Waals surface area contributed by atoms with E-state index in [9.17, 15) is 14.4 Å². The van der Waals surface area contributed by atoms with E-state index in [1.165, 1.54) is 141 Å². The van der Waals surface area contributed by atoms with Crippen molar-refractivity contribution in [3.63, 3.8) is 0 Å². The summed E-state index contributed by atoms with van der Waals surface area (Å²) in [5, 5.41) is 0. The minimum Gasteiger partial charge on any atom is -0.462 e. The predicted octanol–water partition coefficient (Wildman–Crippen LogP) is 21.1. The lowest BCUT2D eigenvalue weighted by Crippen LogP contribution is -2.30. The highest BCUT2D eigenvalue weighted by Gasteiger charge is 2.19. The molecule has 0 N–H and O–H groups in total. The highest BCUT2D eigenvalue weighted by molar-refractivity contribution is 5.71. The molecule has 0 radical (unpaired) electrons. The van der Waals surface area contributed by atoms with Gasteiger partial charge in [-0.25, -0.2) is 0 Å². The van der Waals surface area contributed by atoms with Gasteiger partial charge in [0.2, 0.25) is 0 Å². The molecule has 0 bridgehead atoms. The number of hydrogen-bond donors (Lipinski definition) is 0. The first-order valence-electron chi connectivity index (χ1n) is 31.1. The number of carbonyl (C=O) groups excluding carboxylic acids is 3. The Labute approximate surface area is 452 Å². The van der Waals surface area contributed by atoms with E-state index < -0.39 is 6.10 Å². The predicted molar refractivity (Wildman–Crippen MR) is 316 cm³/mol. The number of rotatable bonds is 56. The van der Waals surface area contributed by atoms with Crippen molar-refractivity contribution in [3.8, 4) is 0 Å². The molecule has 1 atom stereocenters. The van der Waals surface area contributed by atoms with Gasteiger partial charge in [-0.3, -0.25) is 14.4 Å². The summed E-state index contributed by atoms with van der Waals surface area (Å²) >= 11 is 0.